The number of hydrogen-bond donors (Lipinski definition) is 1. The van der Waals surface area contributed by atoms with Crippen LogP contribution in [0.2, 0.25) is 0 Å². The van der Waals surface area contributed by atoms with Crippen LogP contribution in [0.5, 0.6) is 5.75 Å². The summed E-state index contributed by atoms with van der Waals surface area (Å²) in [6, 6.07) is 13.9. The molecular formula is C28H29FN6O3. The lowest BCUT2D eigenvalue weighted by Gasteiger charge is -2.39. The Hall–Kier alpha value is -4.34. The van der Waals surface area contributed by atoms with Crippen molar-refractivity contribution in [2.24, 2.45) is 0 Å². The lowest BCUT2D eigenvalue weighted by Crippen LogP contribution is -2.57. The average Bonchev–Trinajstić information content (AvgIpc) is 2.84. The molecule has 10 heteroatoms. The second kappa shape index (κ2) is 10.2. The summed E-state index contributed by atoms with van der Waals surface area (Å²) in [6.45, 7) is 8.62. The molecule has 0 radical (unpaired) electrons. The Bertz CT molecular complexity index is 1450. The van der Waals surface area contributed by atoms with Gasteiger partial charge in [-0.2, -0.15) is 10.2 Å². The van der Waals surface area contributed by atoms with Crippen LogP contribution in [0.4, 0.5) is 15.0 Å². The van der Waals surface area contributed by atoms with Crippen molar-refractivity contribution in [3.05, 3.63) is 72.1 Å². The standard InChI is InChI=1S/C28H29FN6O3/c1-17-5-10-21(34-33-17)13-30-26-23-11-19(18-6-8-20(29)9-7-18)12-24(25(23)31-16-32-26)37-22-14-35(15-22)27(36)38-28(2,3)4/h5-12,16,22H,13-15H2,1-4H3,(H,30,31,32). The third-order valence-corrected chi connectivity index (χ3v) is 5.96. The second-order valence-electron chi connectivity index (χ2n) is 10.2. The average molecular weight is 517 g/mol. The monoisotopic (exact) mass is 516 g/mol. The van der Waals surface area contributed by atoms with Gasteiger partial charge < -0.3 is 19.7 Å². The largest absolute Gasteiger partial charge is 0.484 e. The van der Waals surface area contributed by atoms with Gasteiger partial charge in [0.05, 0.1) is 31.0 Å². The number of halogens is 1. The van der Waals surface area contributed by atoms with Crippen molar-refractivity contribution >= 4 is 22.8 Å². The van der Waals surface area contributed by atoms with E-state index in [4.69, 9.17) is 9.47 Å². The van der Waals surface area contributed by atoms with Gasteiger partial charge in [-0.3, -0.25) is 0 Å². The Morgan fingerprint density at radius 2 is 1.82 bits per heavy atom. The van der Waals surface area contributed by atoms with Gasteiger partial charge in [-0.05, 0) is 75.2 Å². The van der Waals surface area contributed by atoms with E-state index in [9.17, 15) is 9.18 Å². The number of aryl methyl sites for hydroxylation is 1. The minimum atomic E-state index is -0.562. The molecule has 1 N–H and O–H groups in total. The van der Waals surface area contributed by atoms with Crippen molar-refractivity contribution in [1.82, 2.24) is 25.1 Å². The number of likely N-dealkylation sites (tertiary alicyclic amines) is 1. The molecule has 1 saturated heterocycles. The molecule has 0 saturated carbocycles. The fourth-order valence-corrected chi connectivity index (χ4v) is 4.04. The lowest BCUT2D eigenvalue weighted by atomic mass is 10.0. The first kappa shape index (κ1) is 25.3. The highest BCUT2D eigenvalue weighted by atomic mass is 19.1. The zero-order valence-corrected chi connectivity index (χ0v) is 21.7. The van der Waals surface area contributed by atoms with Crippen molar-refractivity contribution in [2.45, 2.75) is 45.9 Å². The molecule has 1 amide bonds. The Balaban J connectivity index is 1.43. The van der Waals surface area contributed by atoms with Crippen LogP contribution < -0.4 is 10.1 Å². The van der Waals surface area contributed by atoms with Crippen molar-refractivity contribution in [1.29, 1.82) is 0 Å². The summed E-state index contributed by atoms with van der Waals surface area (Å²) in [5.74, 6) is 0.846. The van der Waals surface area contributed by atoms with E-state index in [2.05, 4.69) is 25.5 Å². The summed E-state index contributed by atoms with van der Waals surface area (Å²) in [4.78, 5) is 22.9. The van der Waals surface area contributed by atoms with Crippen molar-refractivity contribution in [2.75, 3.05) is 18.4 Å². The predicted octanol–water partition coefficient (Wildman–Crippen LogP) is 5.14. The van der Waals surface area contributed by atoms with Crippen LogP contribution in [0.15, 0.2) is 54.9 Å². The molecule has 4 aromatic rings. The summed E-state index contributed by atoms with van der Waals surface area (Å²) >= 11 is 0. The minimum absolute atomic E-state index is 0.219. The molecular weight excluding hydrogens is 487 g/mol. The topological polar surface area (TPSA) is 102 Å². The molecule has 3 heterocycles. The van der Waals surface area contributed by atoms with Gasteiger partial charge in [0, 0.05) is 5.39 Å². The molecule has 2 aromatic heterocycles. The maximum absolute atomic E-state index is 13.6. The number of aromatic nitrogens is 4. The van der Waals surface area contributed by atoms with Crippen molar-refractivity contribution < 1.29 is 18.7 Å². The van der Waals surface area contributed by atoms with Crippen molar-refractivity contribution in [3.63, 3.8) is 0 Å². The van der Waals surface area contributed by atoms with Crippen LogP contribution in [-0.2, 0) is 11.3 Å². The van der Waals surface area contributed by atoms with Crippen LogP contribution in [0, 0.1) is 12.7 Å². The summed E-state index contributed by atoms with van der Waals surface area (Å²) in [5, 5.41) is 12.4. The first-order valence-corrected chi connectivity index (χ1v) is 12.4. The Labute approximate surface area is 220 Å². The van der Waals surface area contributed by atoms with Gasteiger partial charge in [0.15, 0.2) is 0 Å². The molecule has 0 spiro atoms. The molecule has 1 fully saturated rings. The van der Waals surface area contributed by atoms with Gasteiger partial charge in [-0.15, -0.1) is 0 Å². The number of hydrogen-bond acceptors (Lipinski definition) is 8. The van der Waals surface area contributed by atoms with E-state index >= 15 is 0 Å². The quantitative estimate of drug-likeness (QED) is 0.376. The SMILES string of the molecule is Cc1ccc(CNc2ncnc3c(OC4CN(C(=O)OC(C)(C)C)C4)cc(-c4ccc(F)cc4)cc23)nn1. The second-order valence-corrected chi connectivity index (χ2v) is 10.2. The molecule has 38 heavy (non-hydrogen) atoms. The molecule has 9 nitrogen and oxygen atoms in total. The smallest absolute Gasteiger partial charge is 0.410 e. The van der Waals surface area contributed by atoms with E-state index in [0.717, 1.165) is 27.9 Å². The van der Waals surface area contributed by atoms with E-state index in [1.54, 1.807) is 17.0 Å². The molecule has 1 aliphatic rings. The summed E-state index contributed by atoms with van der Waals surface area (Å²) in [7, 11) is 0. The number of carbonyl (C=O) groups is 1. The molecule has 0 unspecified atom stereocenters. The zero-order chi connectivity index (χ0) is 26.9. The number of fused-ring (bicyclic) bond motifs is 1. The van der Waals surface area contributed by atoms with Crippen LogP contribution in [-0.4, -0.2) is 56.0 Å². The summed E-state index contributed by atoms with van der Waals surface area (Å²) < 4.78 is 25.4. The number of carbonyl (C=O) groups excluding carboxylic acids is 1. The molecule has 196 valence electrons. The van der Waals surface area contributed by atoms with Gasteiger partial charge in [0.1, 0.15) is 40.9 Å². The molecule has 1 aliphatic heterocycles. The Morgan fingerprint density at radius 1 is 1.05 bits per heavy atom. The van der Waals surface area contributed by atoms with Crippen LogP contribution in [0.3, 0.4) is 0 Å². The molecule has 2 aromatic carbocycles. The maximum atomic E-state index is 13.6. The minimum Gasteiger partial charge on any atom is -0.484 e. The molecule has 0 atom stereocenters. The number of rotatable bonds is 6. The van der Waals surface area contributed by atoms with Gasteiger partial charge >= 0.3 is 6.09 Å². The fourth-order valence-electron chi connectivity index (χ4n) is 4.04. The third kappa shape index (κ3) is 5.80. The van der Waals surface area contributed by atoms with E-state index in [1.165, 1.54) is 18.5 Å². The predicted molar refractivity (Wildman–Crippen MR) is 141 cm³/mol. The van der Waals surface area contributed by atoms with Crippen molar-refractivity contribution in [3.8, 4) is 16.9 Å². The number of nitrogens with zero attached hydrogens (tertiary/aromatic N) is 5. The van der Waals surface area contributed by atoms with Gasteiger partial charge in [-0.1, -0.05) is 12.1 Å². The van der Waals surface area contributed by atoms with Crippen LogP contribution in [0.25, 0.3) is 22.0 Å². The molecule has 5 rings (SSSR count). The highest BCUT2D eigenvalue weighted by molar-refractivity contribution is 5.96. The van der Waals surface area contributed by atoms with E-state index in [0.29, 0.717) is 36.7 Å². The number of ether oxygens (including phenoxy) is 2. The number of amides is 1. The lowest BCUT2D eigenvalue weighted by molar-refractivity contribution is -0.0218. The molecule has 0 bridgehead atoms. The fraction of sp³-hybridized carbons (Fsp3) is 0.321. The number of nitrogens with one attached hydrogen (secondary N) is 1. The van der Waals surface area contributed by atoms with Crippen LogP contribution >= 0.6 is 0 Å². The van der Waals surface area contributed by atoms with Gasteiger partial charge in [-0.25, -0.2) is 19.2 Å². The highest BCUT2D eigenvalue weighted by Gasteiger charge is 2.35. The van der Waals surface area contributed by atoms with Crippen LogP contribution in [0.1, 0.15) is 32.2 Å². The Kier molecular flexibility index (Phi) is 6.79. The number of anilines is 1. The van der Waals surface area contributed by atoms with E-state index in [1.807, 2.05) is 52.0 Å². The summed E-state index contributed by atoms with van der Waals surface area (Å²) in [5.41, 5.74) is 3.32. The van der Waals surface area contributed by atoms with E-state index < -0.39 is 5.60 Å². The maximum Gasteiger partial charge on any atom is 0.410 e. The summed E-state index contributed by atoms with van der Waals surface area (Å²) in [6.07, 6.45) is 0.891. The van der Waals surface area contributed by atoms with Gasteiger partial charge in [0.25, 0.3) is 0 Å². The first-order chi connectivity index (χ1) is 18.1. The zero-order valence-electron chi connectivity index (χ0n) is 21.7. The highest BCUT2D eigenvalue weighted by Crippen LogP contribution is 2.35. The third-order valence-electron chi connectivity index (χ3n) is 5.96. The number of benzene rings is 2. The first-order valence-electron chi connectivity index (χ1n) is 12.4. The normalized spacial score (nSPS) is 13.8. The molecule has 0 aliphatic carbocycles. The van der Waals surface area contributed by atoms with E-state index in [-0.39, 0.29) is 18.0 Å². The Morgan fingerprint density at radius 3 is 2.50 bits per heavy atom. The van der Waals surface area contributed by atoms with Gasteiger partial charge in [0.2, 0.25) is 0 Å².